The molecule has 154 valence electrons. The van der Waals surface area contributed by atoms with Crippen LogP contribution in [0.1, 0.15) is 41.0 Å². The second-order valence-electron chi connectivity index (χ2n) is 7.12. The highest BCUT2D eigenvalue weighted by molar-refractivity contribution is 7.98. The van der Waals surface area contributed by atoms with Gasteiger partial charge in [-0.2, -0.15) is 0 Å². The number of benzene rings is 2. The molecule has 6 heteroatoms. The first-order valence-electron chi connectivity index (χ1n) is 10.1. The number of nitrogens with one attached hydrogen (secondary N) is 1. The van der Waals surface area contributed by atoms with Crippen molar-refractivity contribution in [2.45, 2.75) is 30.3 Å². The molecule has 4 rings (SSSR count). The molecular formula is C24H25N3O2S. The van der Waals surface area contributed by atoms with Gasteiger partial charge >= 0.3 is 0 Å². The molecule has 1 aliphatic heterocycles. The highest BCUT2D eigenvalue weighted by atomic mass is 32.2. The highest BCUT2D eigenvalue weighted by Gasteiger charge is 2.32. The zero-order valence-corrected chi connectivity index (χ0v) is 18.0. The van der Waals surface area contributed by atoms with Crippen LogP contribution >= 0.6 is 11.8 Å². The molecule has 1 N–H and O–H groups in total. The zero-order valence-electron chi connectivity index (χ0n) is 17.2. The second kappa shape index (κ2) is 9.22. The van der Waals surface area contributed by atoms with Crippen molar-refractivity contribution < 1.29 is 9.53 Å². The summed E-state index contributed by atoms with van der Waals surface area (Å²) in [5, 5.41) is 4.53. The van der Waals surface area contributed by atoms with Crippen molar-refractivity contribution in [2.75, 3.05) is 19.0 Å². The molecule has 3 aromatic rings. The molecule has 2 heterocycles. The van der Waals surface area contributed by atoms with Gasteiger partial charge in [0, 0.05) is 29.7 Å². The fourth-order valence-corrected chi connectivity index (χ4v) is 4.53. The lowest BCUT2D eigenvalue weighted by Crippen LogP contribution is -2.43. The number of methoxy groups -OCH3 is 1. The van der Waals surface area contributed by atoms with E-state index in [1.165, 1.54) is 0 Å². The van der Waals surface area contributed by atoms with Crippen LogP contribution < -0.4 is 10.1 Å². The SMILES string of the molecule is CCCN1C(=O)c2ccccc2N[C@@H]1c1ccc(OC)c(CSc2ccccn2)c1. The summed E-state index contributed by atoms with van der Waals surface area (Å²) in [6, 6.07) is 19.8. The minimum atomic E-state index is -0.211. The maximum absolute atomic E-state index is 13.2. The summed E-state index contributed by atoms with van der Waals surface area (Å²) in [5.74, 6) is 1.64. The van der Waals surface area contributed by atoms with Crippen molar-refractivity contribution >= 4 is 23.4 Å². The zero-order chi connectivity index (χ0) is 20.9. The summed E-state index contributed by atoms with van der Waals surface area (Å²) in [6.45, 7) is 2.78. The molecule has 1 amide bonds. The molecule has 1 atom stereocenters. The molecule has 5 nitrogen and oxygen atoms in total. The van der Waals surface area contributed by atoms with Gasteiger partial charge in [0.25, 0.3) is 5.91 Å². The van der Waals surface area contributed by atoms with Gasteiger partial charge in [-0.15, -0.1) is 11.8 Å². The van der Waals surface area contributed by atoms with E-state index < -0.39 is 0 Å². The molecule has 0 spiro atoms. The Morgan fingerprint density at radius 3 is 2.73 bits per heavy atom. The summed E-state index contributed by atoms with van der Waals surface area (Å²) in [4.78, 5) is 19.5. The van der Waals surface area contributed by atoms with Gasteiger partial charge in [-0.1, -0.05) is 31.2 Å². The van der Waals surface area contributed by atoms with Gasteiger partial charge in [0.1, 0.15) is 11.9 Å². The number of hydrogen-bond donors (Lipinski definition) is 1. The number of aromatic nitrogens is 1. The minimum Gasteiger partial charge on any atom is -0.496 e. The predicted octanol–water partition coefficient (Wildman–Crippen LogP) is 5.36. The van der Waals surface area contributed by atoms with Crippen LogP contribution in [-0.2, 0) is 5.75 Å². The third kappa shape index (κ3) is 4.14. The number of hydrogen-bond acceptors (Lipinski definition) is 5. The van der Waals surface area contributed by atoms with Crippen molar-refractivity contribution in [2.24, 2.45) is 0 Å². The van der Waals surface area contributed by atoms with Crippen molar-refractivity contribution in [3.8, 4) is 5.75 Å². The van der Waals surface area contributed by atoms with Gasteiger partial charge in [0.05, 0.1) is 17.7 Å². The van der Waals surface area contributed by atoms with Crippen LogP contribution in [0.3, 0.4) is 0 Å². The highest BCUT2D eigenvalue weighted by Crippen LogP contribution is 2.36. The number of anilines is 1. The molecule has 0 saturated heterocycles. The standard InChI is InChI=1S/C24H25N3O2S/c1-3-14-27-23(26-20-9-5-4-8-19(20)24(27)28)17-11-12-21(29-2)18(15-17)16-30-22-10-6-7-13-25-22/h4-13,15,23,26H,3,14,16H2,1-2H3/t23-/m0/s1. The van der Waals surface area contributed by atoms with E-state index >= 15 is 0 Å². The summed E-state index contributed by atoms with van der Waals surface area (Å²) in [6.07, 6.45) is 2.48. The van der Waals surface area contributed by atoms with Gasteiger partial charge in [0.15, 0.2) is 0 Å². The third-order valence-electron chi connectivity index (χ3n) is 5.12. The molecule has 30 heavy (non-hydrogen) atoms. The second-order valence-corrected chi connectivity index (χ2v) is 8.11. The van der Waals surface area contributed by atoms with Crippen molar-refractivity contribution in [1.29, 1.82) is 0 Å². The Labute approximate surface area is 181 Å². The quantitative estimate of drug-likeness (QED) is 0.523. The van der Waals surface area contributed by atoms with Crippen LogP contribution in [0, 0.1) is 0 Å². The lowest BCUT2D eigenvalue weighted by Gasteiger charge is -2.38. The first-order valence-corrected chi connectivity index (χ1v) is 11.1. The number of carbonyl (C=O) groups excluding carboxylic acids is 1. The topological polar surface area (TPSA) is 54.5 Å². The van der Waals surface area contributed by atoms with Gasteiger partial charge in [0.2, 0.25) is 0 Å². The van der Waals surface area contributed by atoms with Gasteiger partial charge in [-0.25, -0.2) is 4.98 Å². The predicted molar refractivity (Wildman–Crippen MR) is 121 cm³/mol. The molecule has 1 aliphatic rings. The Balaban J connectivity index is 1.65. The van der Waals surface area contributed by atoms with Crippen molar-refractivity contribution in [1.82, 2.24) is 9.88 Å². The van der Waals surface area contributed by atoms with E-state index in [2.05, 4.69) is 23.3 Å². The third-order valence-corrected chi connectivity index (χ3v) is 6.11. The number of nitrogens with zero attached hydrogens (tertiary/aromatic N) is 2. The van der Waals surface area contributed by atoms with E-state index in [1.807, 2.05) is 59.5 Å². The summed E-state index contributed by atoms with van der Waals surface area (Å²) < 4.78 is 5.59. The molecular weight excluding hydrogens is 394 g/mol. The fraction of sp³-hybridized carbons (Fsp3) is 0.250. The van der Waals surface area contributed by atoms with Gasteiger partial charge < -0.3 is 15.0 Å². The Bertz CT molecular complexity index is 1030. The monoisotopic (exact) mass is 419 g/mol. The van der Waals surface area contributed by atoms with Crippen LogP contribution in [0.4, 0.5) is 5.69 Å². The molecule has 0 fully saturated rings. The number of rotatable bonds is 7. The summed E-state index contributed by atoms with van der Waals surface area (Å²) in [5.41, 5.74) is 3.72. The summed E-state index contributed by atoms with van der Waals surface area (Å²) in [7, 11) is 1.69. The van der Waals surface area contributed by atoms with E-state index in [0.29, 0.717) is 6.54 Å². The molecule has 2 aromatic carbocycles. The maximum atomic E-state index is 13.2. The number of ether oxygens (including phenoxy) is 1. The minimum absolute atomic E-state index is 0.0661. The first kappa shape index (κ1) is 20.3. The van der Waals surface area contributed by atoms with Crippen LogP contribution in [-0.4, -0.2) is 29.4 Å². The number of amides is 1. The molecule has 0 bridgehead atoms. The van der Waals surface area contributed by atoms with E-state index in [1.54, 1.807) is 25.1 Å². The van der Waals surface area contributed by atoms with E-state index in [4.69, 9.17) is 4.74 Å². The Morgan fingerprint density at radius 2 is 1.97 bits per heavy atom. The average Bonchev–Trinajstić information content (AvgIpc) is 2.80. The molecule has 0 radical (unpaired) electrons. The number of para-hydroxylation sites is 1. The lowest BCUT2D eigenvalue weighted by molar-refractivity contribution is 0.0683. The van der Waals surface area contributed by atoms with E-state index in [9.17, 15) is 4.79 Å². The van der Waals surface area contributed by atoms with E-state index in [-0.39, 0.29) is 12.1 Å². The normalized spacial score (nSPS) is 15.5. The number of fused-ring (bicyclic) bond motifs is 1. The Kier molecular flexibility index (Phi) is 6.23. The maximum Gasteiger partial charge on any atom is 0.257 e. The largest absolute Gasteiger partial charge is 0.496 e. The van der Waals surface area contributed by atoms with Gasteiger partial charge in [-0.05, 0) is 48.4 Å². The molecule has 1 aromatic heterocycles. The number of pyridine rings is 1. The first-order chi connectivity index (χ1) is 14.7. The van der Waals surface area contributed by atoms with E-state index in [0.717, 1.165) is 45.3 Å². The van der Waals surface area contributed by atoms with Gasteiger partial charge in [-0.3, -0.25) is 4.79 Å². The lowest BCUT2D eigenvalue weighted by atomic mass is 10.0. The fourth-order valence-electron chi connectivity index (χ4n) is 3.69. The van der Waals surface area contributed by atoms with Crippen LogP contribution in [0.25, 0.3) is 0 Å². The molecule has 0 aliphatic carbocycles. The number of carbonyl (C=O) groups is 1. The smallest absolute Gasteiger partial charge is 0.257 e. The van der Waals surface area contributed by atoms with Crippen molar-refractivity contribution in [3.05, 3.63) is 83.6 Å². The van der Waals surface area contributed by atoms with Crippen LogP contribution in [0.15, 0.2) is 71.9 Å². The Morgan fingerprint density at radius 1 is 1.13 bits per heavy atom. The summed E-state index contributed by atoms with van der Waals surface area (Å²) >= 11 is 1.67. The van der Waals surface area contributed by atoms with Crippen molar-refractivity contribution in [3.63, 3.8) is 0 Å². The number of thioether (sulfide) groups is 1. The Hall–Kier alpha value is -2.99. The van der Waals surface area contributed by atoms with Crippen LogP contribution in [0.2, 0.25) is 0 Å². The molecule has 0 saturated carbocycles. The average molecular weight is 420 g/mol. The molecule has 0 unspecified atom stereocenters. The van der Waals surface area contributed by atoms with Crippen LogP contribution in [0.5, 0.6) is 5.75 Å².